The van der Waals surface area contributed by atoms with Crippen LogP contribution in [0.25, 0.3) is 6.08 Å². The van der Waals surface area contributed by atoms with Crippen molar-refractivity contribution in [1.82, 2.24) is 4.68 Å². The lowest BCUT2D eigenvalue weighted by Gasteiger charge is -2.11. The number of carbonyl (C=O) groups excluding carboxylic acids is 1. The summed E-state index contributed by atoms with van der Waals surface area (Å²) in [6.07, 6.45) is 3.82. The summed E-state index contributed by atoms with van der Waals surface area (Å²) in [7, 11) is 0. The molecule has 2 rings (SSSR count). The maximum absolute atomic E-state index is 13.4. The second kappa shape index (κ2) is 6.04. The van der Waals surface area contributed by atoms with Crippen LogP contribution in [0.3, 0.4) is 0 Å². The zero-order valence-corrected chi connectivity index (χ0v) is 11.2. The van der Waals surface area contributed by atoms with E-state index in [0.717, 1.165) is 12.1 Å². The van der Waals surface area contributed by atoms with Gasteiger partial charge in [-0.15, -0.1) is 0 Å². The van der Waals surface area contributed by atoms with E-state index in [4.69, 9.17) is 0 Å². The Bertz CT molecular complexity index is 766. The summed E-state index contributed by atoms with van der Waals surface area (Å²) in [5, 5.41) is 9.49. The Hall–Kier alpha value is -2.89. The number of amides is 1. The lowest BCUT2D eigenvalue weighted by Crippen LogP contribution is -2.24. The predicted octanol–water partition coefficient (Wildman–Crippen LogP) is 1.78. The fraction of sp³-hybridized carbons (Fsp3) is 0.0667. The molecule has 0 atom stereocenters. The molecule has 0 aliphatic rings. The normalized spacial score (nSPS) is 10.8. The van der Waals surface area contributed by atoms with Crippen molar-refractivity contribution in [3.05, 3.63) is 69.9 Å². The first-order valence-corrected chi connectivity index (χ1v) is 6.14. The van der Waals surface area contributed by atoms with Crippen molar-refractivity contribution in [2.45, 2.75) is 6.92 Å². The molecule has 0 aliphatic heterocycles. The van der Waals surface area contributed by atoms with Gasteiger partial charge in [0.15, 0.2) is 5.75 Å². The lowest BCUT2D eigenvalue weighted by atomic mass is 10.2. The number of hydrogen-bond acceptors (Lipinski definition) is 3. The third-order valence-electron chi connectivity index (χ3n) is 2.86. The Kier molecular flexibility index (Phi) is 4.18. The van der Waals surface area contributed by atoms with Crippen LogP contribution >= 0.6 is 0 Å². The maximum Gasteiger partial charge on any atom is 0.262 e. The molecule has 0 saturated carbocycles. The Morgan fingerprint density at radius 1 is 1.33 bits per heavy atom. The first kappa shape index (κ1) is 14.5. The summed E-state index contributed by atoms with van der Waals surface area (Å²) in [6.45, 7) is 1.48. The Labute approximate surface area is 119 Å². The third kappa shape index (κ3) is 3.36. The van der Waals surface area contributed by atoms with E-state index >= 15 is 0 Å². The molecule has 1 aromatic heterocycles. The van der Waals surface area contributed by atoms with Crippen molar-refractivity contribution < 1.29 is 14.3 Å². The highest BCUT2D eigenvalue weighted by Gasteiger charge is 2.06. The predicted molar refractivity (Wildman–Crippen MR) is 76.9 cm³/mol. The van der Waals surface area contributed by atoms with Crippen molar-refractivity contribution in [3.8, 4) is 5.75 Å². The minimum atomic E-state index is -0.528. The molecule has 2 aromatic rings. The van der Waals surface area contributed by atoms with Crippen molar-refractivity contribution in [2.75, 3.05) is 5.43 Å². The monoisotopic (exact) mass is 288 g/mol. The highest BCUT2D eigenvalue weighted by molar-refractivity contribution is 5.97. The van der Waals surface area contributed by atoms with E-state index in [0.29, 0.717) is 0 Å². The van der Waals surface area contributed by atoms with E-state index < -0.39 is 22.9 Å². The molecular formula is C15H13FN2O3. The Morgan fingerprint density at radius 2 is 2.05 bits per heavy atom. The van der Waals surface area contributed by atoms with Crippen molar-refractivity contribution in [2.24, 2.45) is 0 Å². The zero-order valence-electron chi connectivity index (χ0n) is 11.2. The van der Waals surface area contributed by atoms with Crippen molar-refractivity contribution in [3.63, 3.8) is 0 Å². The number of nitrogens with one attached hydrogen (secondary N) is 1. The van der Waals surface area contributed by atoms with E-state index in [1.54, 1.807) is 12.1 Å². The van der Waals surface area contributed by atoms with Gasteiger partial charge in [-0.1, -0.05) is 18.2 Å². The van der Waals surface area contributed by atoms with Gasteiger partial charge in [-0.25, -0.2) is 4.39 Å². The molecule has 1 aromatic carbocycles. The molecule has 0 spiro atoms. The van der Waals surface area contributed by atoms with Gasteiger partial charge < -0.3 is 5.11 Å². The number of hydrogen-bond donors (Lipinski definition) is 2. The molecule has 0 aliphatic carbocycles. The van der Waals surface area contributed by atoms with Crippen LogP contribution in [0.1, 0.15) is 11.3 Å². The van der Waals surface area contributed by atoms with Gasteiger partial charge in [0.25, 0.3) is 5.91 Å². The first-order chi connectivity index (χ1) is 9.99. The second-order valence-corrected chi connectivity index (χ2v) is 4.31. The van der Waals surface area contributed by atoms with Crippen LogP contribution in [0.4, 0.5) is 4.39 Å². The van der Waals surface area contributed by atoms with Crippen molar-refractivity contribution in [1.29, 1.82) is 0 Å². The summed E-state index contributed by atoms with van der Waals surface area (Å²) in [4.78, 5) is 22.9. The first-order valence-electron chi connectivity index (χ1n) is 6.14. The quantitative estimate of drug-likeness (QED) is 0.846. The lowest BCUT2D eigenvalue weighted by molar-refractivity contribution is -0.112. The van der Waals surface area contributed by atoms with Crippen LogP contribution in [0.2, 0.25) is 0 Å². The van der Waals surface area contributed by atoms with Crippen LogP contribution in [-0.4, -0.2) is 15.7 Å². The van der Waals surface area contributed by atoms with Gasteiger partial charge in [-0.2, -0.15) is 0 Å². The number of halogens is 1. The van der Waals surface area contributed by atoms with Crippen LogP contribution in [0.5, 0.6) is 5.75 Å². The summed E-state index contributed by atoms with van der Waals surface area (Å²) in [5.74, 6) is -1.39. The number of pyridine rings is 1. The van der Waals surface area contributed by atoms with Gasteiger partial charge in [0.2, 0.25) is 5.43 Å². The number of benzene rings is 1. The minimum Gasteiger partial charge on any atom is -0.503 e. The summed E-state index contributed by atoms with van der Waals surface area (Å²) >= 11 is 0. The van der Waals surface area contributed by atoms with Crippen LogP contribution in [0, 0.1) is 12.7 Å². The van der Waals surface area contributed by atoms with Gasteiger partial charge in [0, 0.05) is 23.9 Å². The van der Waals surface area contributed by atoms with E-state index in [-0.39, 0.29) is 11.3 Å². The van der Waals surface area contributed by atoms with Gasteiger partial charge in [0.05, 0.1) is 5.69 Å². The molecule has 0 fully saturated rings. The molecule has 5 nitrogen and oxygen atoms in total. The van der Waals surface area contributed by atoms with E-state index in [1.807, 2.05) is 0 Å². The fourth-order valence-electron chi connectivity index (χ4n) is 1.68. The van der Waals surface area contributed by atoms with Crippen LogP contribution in [0.15, 0.2) is 47.4 Å². The molecule has 108 valence electrons. The van der Waals surface area contributed by atoms with Gasteiger partial charge in [-0.3, -0.25) is 19.7 Å². The number of rotatable bonds is 3. The van der Waals surface area contributed by atoms with Crippen LogP contribution < -0.4 is 10.9 Å². The van der Waals surface area contributed by atoms with E-state index in [9.17, 15) is 19.1 Å². The van der Waals surface area contributed by atoms with Gasteiger partial charge >= 0.3 is 0 Å². The third-order valence-corrected chi connectivity index (χ3v) is 2.86. The van der Waals surface area contributed by atoms with Crippen molar-refractivity contribution >= 4 is 12.0 Å². The number of aromatic hydroxyl groups is 1. The molecule has 1 amide bonds. The van der Waals surface area contributed by atoms with Gasteiger partial charge in [-0.05, 0) is 19.1 Å². The summed E-state index contributed by atoms with van der Waals surface area (Å²) < 4.78 is 14.6. The Balaban J connectivity index is 2.14. The smallest absolute Gasteiger partial charge is 0.262 e. The molecule has 0 radical (unpaired) electrons. The second-order valence-electron chi connectivity index (χ2n) is 4.31. The topological polar surface area (TPSA) is 71.3 Å². The van der Waals surface area contributed by atoms with Gasteiger partial charge in [0.1, 0.15) is 5.82 Å². The van der Waals surface area contributed by atoms with Crippen LogP contribution in [-0.2, 0) is 4.79 Å². The highest BCUT2D eigenvalue weighted by Crippen LogP contribution is 2.09. The maximum atomic E-state index is 13.4. The average Bonchev–Trinajstić information content (AvgIpc) is 2.47. The SMILES string of the molecule is Cc1c(O)c(=O)ccn1NC(=O)/C=C/c1ccccc1F. The molecule has 1 heterocycles. The molecule has 2 N–H and O–H groups in total. The Morgan fingerprint density at radius 3 is 2.76 bits per heavy atom. The number of carbonyl (C=O) groups is 1. The number of aromatic nitrogens is 1. The minimum absolute atomic E-state index is 0.204. The molecule has 0 unspecified atom stereocenters. The molecule has 0 bridgehead atoms. The summed E-state index contributed by atoms with van der Waals surface area (Å²) in [5.41, 5.74) is 2.40. The average molecular weight is 288 g/mol. The zero-order chi connectivity index (χ0) is 15.4. The standard InChI is InChI=1S/C15H13FN2O3/c1-10-15(21)13(19)8-9-18(10)17-14(20)7-6-11-4-2-3-5-12(11)16/h2-9,21H,1H3,(H,17,20)/b7-6+. The molecule has 0 saturated heterocycles. The highest BCUT2D eigenvalue weighted by atomic mass is 19.1. The number of nitrogens with zero attached hydrogens (tertiary/aromatic N) is 1. The molecular weight excluding hydrogens is 275 g/mol. The largest absolute Gasteiger partial charge is 0.503 e. The van der Waals surface area contributed by atoms with E-state index in [2.05, 4.69) is 5.43 Å². The fourth-order valence-corrected chi connectivity index (χ4v) is 1.68. The van der Waals surface area contributed by atoms with E-state index in [1.165, 1.54) is 36.0 Å². The summed E-state index contributed by atoms with van der Waals surface area (Å²) in [6, 6.07) is 7.17. The molecule has 21 heavy (non-hydrogen) atoms. The molecule has 6 heteroatoms.